The summed E-state index contributed by atoms with van der Waals surface area (Å²) in [5.74, 6) is 0.414. The third-order valence-electron chi connectivity index (χ3n) is 4.73. The monoisotopic (exact) mass is 365 g/mol. The van der Waals surface area contributed by atoms with Gasteiger partial charge >= 0.3 is 6.03 Å². The highest BCUT2D eigenvalue weighted by atomic mass is 32.2. The second-order valence-electron chi connectivity index (χ2n) is 6.75. The van der Waals surface area contributed by atoms with Crippen molar-refractivity contribution in [2.75, 3.05) is 34.8 Å². The average Bonchev–Trinajstić information content (AvgIpc) is 3.13. The maximum atomic E-state index is 12.1. The predicted octanol–water partition coefficient (Wildman–Crippen LogP) is 1.68. The number of urea groups is 1. The number of carbonyl (C=O) groups excluding carboxylic acids is 2. The zero-order chi connectivity index (χ0) is 18.0. The molecular weight excluding hydrogens is 342 g/mol. The molecule has 0 aliphatic carbocycles. The summed E-state index contributed by atoms with van der Waals surface area (Å²) in [7, 11) is -2.94. The van der Waals surface area contributed by atoms with Crippen LogP contribution in [0.15, 0.2) is 18.2 Å². The minimum Gasteiger partial charge on any atom is -0.338 e. The fraction of sp³-hybridized carbons (Fsp3) is 0.529. The maximum Gasteiger partial charge on any atom is 0.319 e. The first-order valence-corrected chi connectivity index (χ1v) is 10.3. The van der Waals surface area contributed by atoms with Gasteiger partial charge in [0.05, 0.1) is 11.5 Å². The molecule has 2 fully saturated rings. The molecular formula is C17H23N3O4S. The van der Waals surface area contributed by atoms with Crippen LogP contribution < -0.4 is 15.5 Å². The smallest absolute Gasteiger partial charge is 0.319 e. The Morgan fingerprint density at radius 2 is 2.16 bits per heavy atom. The summed E-state index contributed by atoms with van der Waals surface area (Å²) in [6, 6.07) is 5.20. The van der Waals surface area contributed by atoms with E-state index in [1.807, 2.05) is 19.1 Å². The van der Waals surface area contributed by atoms with Crippen LogP contribution in [0.2, 0.25) is 0 Å². The Balaban J connectivity index is 1.60. The number of aryl methyl sites for hydroxylation is 1. The molecule has 0 aromatic heterocycles. The Morgan fingerprint density at radius 1 is 1.36 bits per heavy atom. The quantitative estimate of drug-likeness (QED) is 0.848. The molecule has 2 N–H and O–H groups in total. The van der Waals surface area contributed by atoms with Crippen LogP contribution in [0.3, 0.4) is 0 Å². The second-order valence-corrected chi connectivity index (χ2v) is 8.98. The lowest BCUT2D eigenvalue weighted by Crippen LogP contribution is -2.33. The minimum atomic E-state index is -2.94. The second kappa shape index (κ2) is 7.03. The van der Waals surface area contributed by atoms with Crippen LogP contribution in [0, 0.1) is 12.8 Å². The zero-order valence-corrected chi connectivity index (χ0v) is 15.1. The molecule has 2 saturated heterocycles. The van der Waals surface area contributed by atoms with Crippen LogP contribution in [0.25, 0.3) is 0 Å². The molecule has 0 spiro atoms. The van der Waals surface area contributed by atoms with Crippen LogP contribution >= 0.6 is 0 Å². The summed E-state index contributed by atoms with van der Waals surface area (Å²) in [5.41, 5.74) is 2.33. The lowest BCUT2D eigenvalue weighted by Gasteiger charge is -2.18. The molecule has 8 heteroatoms. The number of nitrogens with one attached hydrogen (secondary N) is 2. The van der Waals surface area contributed by atoms with Crippen molar-refractivity contribution in [3.05, 3.63) is 23.8 Å². The SMILES string of the molecule is Cc1ccc(N2CCCC2=O)cc1NC(=O)NCC1CCS(=O)(=O)C1. The highest BCUT2D eigenvalue weighted by molar-refractivity contribution is 7.91. The first kappa shape index (κ1) is 17.7. The summed E-state index contributed by atoms with van der Waals surface area (Å²) >= 11 is 0. The molecule has 0 saturated carbocycles. The number of amides is 3. The number of hydrogen-bond donors (Lipinski definition) is 2. The van der Waals surface area contributed by atoms with Gasteiger partial charge in [-0.3, -0.25) is 4.79 Å². The highest BCUT2D eigenvalue weighted by Gasteiger charge is 2.28. The molecule has 0 radical (unpaired) electrons. The van der Waals surface area contributed by atoms with E-state index >= 15 is 0 Å². The first-order chi connectivity index (χ1) is 11.8. The van der Waals surface area contributed by atoms with Gasteiger partial charge in [0.25, 0.3) is 0 Å². The Morgan fingerprint density at radius 3 is 2.80 bits per heavy atom. The number of carbonyl (C=O) groups is 2. The molecule has 136 valence electrons. The Kier molecular flexibility index (Phi) is 4.99. The molecule has 3 rings (SSSR count). The normalized spacial score (nSPS) is 22.2. The molecule has 2 aliphatic rings. The molecule has 25 heavy (non-hydrogen) atoms. The van der Waals surface area contributed by atoms with Crippen molar-refractivity contribution in [2.24, 2.45) is 5.92 Å². The van der Waals surface area contributed by atoms with E-state index in [1.165, 1.54) is 0 Å². The van der Waals surface area contributed by atoms with E-state index in [9.17, 15) is 18.0 Å². The van der Waals surface area contributed by atoms with E-state index in [0.29, 0.717) is 31.6 Å². The van der Waals surface area contributed by atoms with Crippen LogP contribution in [0.5, 0.6) is 0 Å². The van der Waals surface area contributed by atoms with E-state index in [0.717, 1.165) is 17.7 Å². The molecule has 2 aliphatic heterocycles. The van der Waals surface area contributed by atoms with E-state index in [2.05, 4.69) is 10.6 Å². The van der Waals surface area contributed by atoms with Gasteiger partial charge in [0, 0.05) is 30.9 Å². The number of rotatable bonds is 4. The molecule has 1 atom stereocenters. The van der Waals surface area contributed by atoms with Crippen LogP contribution in [0.1, 0.15) is 24.8 Å². The summed E-state index contributed by atoms with van der Waals surface area (Å²) < 4.78 is 22.9. The van der Waals surface area contributed by atoms with E-state index in [4.69, 9.17) is 0 Å². The summed E-state index contributed by atoms with van der Waals surface area (Å²) in [4.78, 5) is 25.7. The molecule has 1 aromatic rings. The van der Waals surface area contributed by atoms with Crippen molar-refractivity contribution in [3.8, 4) is 0 Å². The van der Waals surface area contributed by atoms with Gasteiger partial charge in [0.1, 0.15) is 0 Å². The number of hydrogen-bond acceptors (Lipinski definition) is 4. The molecule has 0 bridgehead atoms. The van der Waals surface area contributed by atoms with Gasteiger partial charge in [-0.05, 0) is 43.4 Å². The number of benzene rings is 1. The van der Waals surface area contributed by atoms with Crippen molar-refractivity contribution in [3.63, 3.8) is 0 Å². The molecule has 3 amide bonds. The van der Waals surface area contributed by atoms with Crippen molar-refractivity contribution < 1.29 is 18.0 Å². The Labute approximate surface area is 147 Å². The van der Waals surface area contributed by atoms with Crippen LogP contribution in [-0.2, 0) is 14.6 Å². The van der Waals surface area contributed by atoms with E-state index in [-0.39, 0.29) is 29.4 Å². The molecule has 7 nitrogen and oxygen atoms in total. The van der Waals surface area contributed by atoms with Crippen LogP contribution in [0.4, 0.5) is 16.2 Å². The maximum absolute atomic E-state index is 12.1. The van der Waals surface area contributed by atoms with Gasteiger partial charge in [0.2, 0.25) is 5.91 Å². The number of nitrogens with zero attached hydrogens (tertiary/aromatic N) is 1. The lowest BCUT2D eigenvalue weighted by molar-refractivity contribution is -0.117. The predicted molar refractivity (Wildman–Crippen MR) is 96.5 cm³/mol. The van der Waals surface area contributed by atoms with E-state index < -0.39 is 9.84 Å². The highest BCUT2D eigenvalue weighted by Crippen LogP contribution is 2.26. The molecule has 2 heterocycles. The lowest BCUT2D eigenvalue weighted by atomic mass is 10.1. The average molecular weight is 365 g/mol. The van der Waals surface area contributed by atoms with Gasteiger partial charge in [-0.1, -0.05) is 6.07 Å². The summed E-state index contributed by atoms with van der Waals surface area (Å²) in [6.45, 7) is 2.92. The van der Waals surface area contributed by atoms with Gasteiger partial charge < -0.3 is 15.5 Å². The molecule has 1 unspecified atom stereocenters. The minimum absolute atomic E-state index is 0.0228. The third-order valence-corrected chi connectivity index (χ3v) is 6.57. The zero-order valence-electron chi connectivity index (χ0n) is 14.2. The summed E-state index contributed by atoms with van der Waals surface area (Å²) in [6.07, 6.45) is 2.00. The van der Waals surface area contributed by atoms with Gasteiger partial charge in [-0.15, -0.1) is 0 Å². The summed E-state index contributed by atoms with van der Waals surface area (Å²) in [5, 5.41) is 5.54. The van der Waals surface area contributed by atoms with Crippen molar-refractivity contribution in [1.29, 1.82) is 0 Å². The van der Waals surface area contributed by atoms with Crippen molar-refractivity contribution in [2.45, 2.75) is 26.2 Å². The number of anilines is 2. The van der Waals surface area contributed by atoms with Crippen molar-refractivity contribution in [1.82, 2.24) is 5.32 Å². The number of sulfone groups is 1. The Hall–Kier alpha value is -2.09. The van der Waals surface area contributed by atoms with Gasteiger partial charge in [-0.2, -0.15) is 0 Å². The van der Waals surface area contributed by atoms with Crippen molar-refractivity contribution >= 4 is 33.2 Å². The standard InChI is InChI=1S/C17H23N3O4S/c1-12-4-5-14(20-7-2-3-16(20)21)9-15(12)19-17(22)18-10-13-6-8-25(23,24)11-13/h4-5,9,13H,2-3,6-8,10-11H2,1H3,(H2,18,19,22). The fourth-order valence-electron chi connectivity index (χ4n) is 3.27. The topological polar surface area (TPSA) is 95.6 Å². The Bertz CT molecular complexity index is 791. The van der Waals surface area contributed by atoms with Crippen LogP contribution in [-0.4, -0.2) is 45.0 Å². The van der Waals surface area contributed by atoms with Gasteiger partial charge in [-0.25, -0.2) is 13.2 Å². The first-order valence-electron chi connectivity index (χ1n) is 8.50. The third kappa shape index (κ3) is 4.31. The van der Waals surface area contributed by atoms with E-state index in [1.54, 1.807) is 11.0 Å². The van der Waals surface area contributed by atoms with Gasteiger partial charge in [0.15, 0.2) is 9.84 Å². The molecule has 1 aromatic carbocycles. The largest absolute Gasteiger partial charge is 0.338 e. The fourth-order valence-corrected chi connectivity index (χ4v) is 5.13.